The zero-order valence-electron chi connectivity index (χ0n) is 14.3. The number of benzene rings is 3. The minimum Gasteiger partial charge on any atom is -0.488 e. The highest BCUT2D eigenvalue weighted by molar-refractivity contribution is 6.35. The van der Waals surface area contributed by atoms with Gasteiger partial charge >= 0.3 is 0 Å². The molecule has 0 atom stereocenters. The Morgan fingerprint density at radius 3 is 2.59 bits per heavy atom. The van der Waals surface area contributed by atoms with Crippen LogP contribution in [0.1, 0.15) is 21.5 Å². The number of hydrogen-bond donors (Lipinski definition) is 2. The number of nitrogens with one attached hydrogen (secondary N) is 1. The first kappa shape index (κ1) is 19.2. The van der Waals surface area contributed by atoms with Gasteiger partial charge in [0.1, 0.15) is 12.4 Å². The van der Waals surface area contributed by atoms with Crippen LogP contribution in [0.4, 0.5) is 5.69 Å². The Labute approximate surface area is 167 Å². The normalized spacial score (nSPS) is 10.5. The maximum atomic E-state index is 12.7. The molecule has 3 rings (SSSR count). The molecule has 3 aromatic rings. The molecule has 0 bridgehead atoms. The van der Waals surface area contributed by atoms with Crippen LogP contribution in [0, 0.1) is 0 Å². The number of carbonyl (C=O) groups is 1. The summed E-state index contributed by atoms with van der Waals surface area (Å²) in [6.07, 6.45) is 0. The molecule has 138 valence electrons. The van der Waals surface area contributed by atoms with Crippen molar-refractivity contribution in [2.24, 2.45) is 0 Å². The largest absolute Gasteiger partial charge is 0.488 e. The second-order valence-electron chi connectivity index (χ2n) is 5.83. The fourth-order valence-electron chi connectivity index (χ4n) is 2.52. The first-order valence-corrected chi connectivity index (χ1v) is 8.99. The molecule has 0 spiro atoms. The van der Waals surface area contributed by atoms with Crippen LogP contribution in [-0.4, -0.2) is 11.0 Å². The van der Waals surface area contributed by atoms with Crippen molar-refractivity contribution in [2.45, 2.75) is 13.2 Å². The van der Waals surface area contributed by atoms with E-state index in [1.54, 1.807) is 66.7 Å². The second kappa shape index (κ2) is 8.91. The van der Waals surface area contributed by atoms with Crippen LogP contribution < -0.4 is 10.1 Å². The van der Waals surface area contributed by atoms with Crippen molar-refractivity contribution in [1.82, 2.24) is 0 Å². The fraction of sp³-hybridized carbons (Fsp3) is 0.0952. The molecule has 27 heavy (non-hydrogen) atoms. The zero-order chi connectivity index (χ0) is 19.2. The summed E-state index contributed by atoms with van der Waals surface area (Å²) in [6.45, 7) is 0.117. The number of anilines is 1. The second-order valence-corrected chi connectivity index (χ2v) is 6.68. The van der Waals surface area contributed by atoms with Gasteiger partial charge in [-0.2, -0.15) is 0 Å². The number of hydrogen-bond acceptors (Lipinski definition) is 3. The van der Waals surface area contributed by atoms with E-state index < -0.39 is 0 Å². The number of ether oxygens (including phenoxy) is 1. The molecule has 0 aliphatic carbocycles. The third-order valence-corrected chi connectivity index (χ3v) is 4.48. The number of aliphatic hydroxyl groups excluding tert-OH is 1. The summed E-state index contributed by atoms with van der Waals surface area (Å²) in [4.78, 5) is 12.7. The van der Waals surface area contributed by atoms with Crippen molar-refractivity contribution in [3.05, 3.63) is 93.5 Å². The van der Waals surface area contributed by atoms with E-state index in [9.17, 15) is 9.90 Å². The van der Waals surface area contributed by atoms with Gasteiger partial charge in [0.25, 0.3) is 5.91 Å². The molecule has 0 fully saturated rings. The molecule has 0 unspecified atom stereocenters. The van der Waals surface area contributed by atoms with Crippen LogP contribution in [0.5, 0.6) is 5.75 Å². The molecular weight excluding hydrogens is 385 g/mol. The molecule has 0 aromatic heterocycles. The van der Waals surface area contributed by atoms with Gasteiger partial charge in [-0.3, -0.25) is 4.79 Å². The highest BCUT2D eigenvalue weighted by atomic mass is 35.5. The Balaban J connectivity index is 1.75. The summed E-state index contributed by atoms with van der Waals surface area (Å²) in [5, 5.41) is 13.1. The third-order valence-electron chi connectivity index (χ3n) is 3.90. The molecule has 0 aliphatic heterocycles. The van der Waals surface area contributed by atoms with Crippen LogP contribution in [0.15, 0.2) is 66.7 Å². The zero-order valence-corrected chi connectivity index (χ0v) is 15.8. The molecule has 0 heterocycles. The monoisotopic (exact) mass is 401 g/mol. The summed E-state index contributed by atoms with van der Waals surface area (Å²) in [5.41, 5.74) is 2.49. The maximum absolute atomic E-state index is 12.7. The minimum atomic E-state index is -0.303. The van der Waals surface area contributed by atoms with Gasteiger partial charge in [-0.25, -0.2) is 0 Å². The summed E-state index contributed by atoms with van der Waals surface area (Å²) in [6, 6.07) is 19.2. The Morgan fingerprint density at radius 1 is 1.00 bits per heavy atom. The SMILES string of the molecule is O=C(Nc1cccc(CO)c1)c1ccccc1OCc1ccc(Cl)cc1Cl. The molecule has 6 heteroatoms. The van der Waals surface area contributed by atoms with Gasteiger partial charge in [0.15, 0.2) is 0 Å². The number of rotatable bonds is 6. The van der Waals surface area contributed by atoms with E-state index in [2.05, 4.69) is 5.32 Å². The molecular formula is C21H17Cl2NO3. The lowest BCUT2D eigenvalue weighted by atomic mass is 10.1. The average molecular weight is 402 g/mol. The van der Waals surface area contributed by atoms with Crippen molar-refractivity contribution in [1.29, 1.82) is 0 Å². The summed E-state index contributed by atoms with van der Waals surface area (Å²) < 4.78 is 5.82. The van der Waals surface area contributed by atoms with Gasteiger partial charge < -0.3 is 15.2 Å². The van der Waals surface area contributed by atoms with Crippen LogP contribution in [0.2, 0.25) is 10.0 Å². The van der Waals surface area contributed by atoms with E-state index >= 15 is 0 Å². The number of halogens is 2. The first-order valence-electron chi connectivity index (χ1n) is 8.23. The van der Waals surface area contributed by atoms with E-state index in [-0.39, 0.29) is 19.1 Å². The fourth-order valence-corrected chi connectivity index (χ4v) is 2.98. The van der Waals surface area contributed by atoms with Crippen molar-refractivity contribution >= 4 is 34.8 Å². The quantitative estimate of drug-likeness (QED) is 0.587. The van der Waals surface area contributed by atoms with E-state index in [4.69, 9.17) is 27.9 Å². The van der Waals surface area contributed by atoms with Crippen LogP contribution in [0.25, 0.3) is 0 Å². The number of para-hydroxylation sites is 1. The van der Waals surface area contributed by atoms with Gasteiger partial charge in [0.05, 0.1) is 12.2 Å². The van der Waals surface area contributed by atoms with E-state index in [0.29, 0.717) is 27.0 Å². The molecule has 0 aliphatic rings. The maximum Gasteiger partial charge on any atom is 0.259 e. The Bertz CT molecular complexity index is 960. The van der Waals surface area contributed by atoms with Gasteiger partial charge in [-0.05, 0) is 42.0 Å². The number of carbonyl (C=O) groups excluding carboxylic acids is 1. The number of aliphatic hydroxyl groups is 1. The molecule has 2 N–H and O–H groups in total. The lowest BCUT2D eigenvalue weighted by Gasteiger charge is -2.13. The van der Waals surface area contributed by atoms with Gasteiger partial charge in [0, 0.05) is 21.3 Å². The lowest BCUT2D eigenvalue weighted by Crippen LogP contribution is -2.14. The Kier molecular flexibility index (Phi) is 6.35. The predicted molar refractivity (Wildman–Crippen MR) is 108 cm³/mol. The minimum absolute atomic E-state index is 0.0920. The van der Waals surface area contributed by atoms with Crippen molar-refractivity contribution in [2.75, 3.05) is 5.32 Å². The van der Waals surface area contributed by atoms with Crippen molar-refractivity contribution < 1.29 is 14.6 Å². The average Bonchev–Trinajstić information content (AvgIpc) is 2.67. The van der Waals surface area contributed by atoms with Crippen LogP contribution in [0.3, 0.4) is 0 Å². The summed E-state index contributed by atoms with van der Waals surface area (Å²) in [5.74, 6) is 0.141. The molecule has 0 radical (unpaired) electrons. The van der Waals surface area contributed by atoms with Crippen molar-refractivity contribution in [3.8, 4) is 5.75 Å². The molecule has 4 nitrogen and oxygen atoms in total. The van der Waals surface area contributed by atoms with Crippen molar-refractivity contribution in [3.63, 3.8) is 0 Å². The topological polar surface area (TPSA) is 58.6 Å². The Hall–Kier alpha value is -2.53. The van der Waals surface area contributed by atoms with E-state index in [0.717, 1.165) is 11.1 Å². The molecule has 0 saturated heterocycles. The lowest BCUT2D eigenvalue weighted by molar-refractivity contribution is 0.102. The number of amides is 1. The summed E-state index contributed by atoms with van der Waals surface area (Å²) in [7, 11) is 0. The van der Waals surface area contributed by atoms with Gasteiger partial charge in [0.2, 0.25) is 0 Å². The first-order chi connectivity index (χ1) is 13.1. The standard InChI is InChI=1S/C21H17Cl2NO3/c22-16-9-8-15(19(23)11-16)13-27-20-7-2-1-6-18(20)21(26)24-17-5-3-4-14(10-17)12-25/h1-11,25H,12-13H2,(H,24,26). The smallest absolute Gasteiger partial charge is 0.259 e. The van der Waals surface area contributed by atoms with E-state index in [1.165, 1.54) is 0 Å². The van der Waals surface area contributed by atoms with Crippen LogP contribution >= 0.6 is 23.2 Å². The third kappa shape index (κ3) is 5.01. The highest BCUT2D eigenvalue weighted by Crippen LogP contribution is 2.25. The van der Waals surface area contributed by atoms with E-state index in [1.807, 2.05) is 0 Å². The molecule has 1 amide bonds. The van der Waals surface area contributed by atoms with Gasteiger partial charge in [-0.15, -0.1) is 0 Å². The molecule has 0 saturated carbocycles. The summed E-state index contributed by atoms with van der Waals surface area (Å²) >= 11 is 12.1. The van der Waals surface area contributed by atoms with Gasteiger partial charge in [-0.1, -0.05) is 53.5 Å². The molecule has 3 aromatic carbocycles. The highest BCUT2D eigenvalue weighted by Gasteiger charge is 2.13. The predicted octanol–water partition coefficient (Wildman–Crippen LogP) is 5.32. The Morgan fingerprint density at radius 2 is 1.81 bits per heavy atom. The van der Waals surface area contributed by atoms with Crippen LogP contribution in [-0.2, 0) is 13.2 Å².